The van der Waals surface area contributed by atoms with E-state index in [0.29, 0.717) is 44.6 Å². The van der Waals surface area contributed by atoms with Crippen molar-refractivity contribution in [2.45, 2.75) is 45.2 Å². The molecule has 0 bridgehead atoms. The highest BCUT2D eigenvalue weighted by atomic mass is 32.1. The lowest BCUT2D eigenvalue weighted by Crippen LogP contribution is -2.67. The second-order valence-corrected chi connectivity index (χ2v) is 10.5. The third-order valence-corrected chi connectivity index (χ3v) is 8.08. The molecule has 1 aliphatic heterocycles. The van der Waals surface area contributed by atoms with Crippen molar-refractivity contribution in [3.63, 3.8) is 0 Å². The van der Waals surface area contributed by atoms with Gasteiger partial charge in [-0.2, -0.15) is 5.10 Å². The normalized spacial score (nSPS) is 17.1. The lowest BCUT2D eigenvalue weighted by atomic mass is 9.84. The minimum Gasteiger partial charge on any atom is -0.466 e. The summed E-state index contributed by atoms with van der Waals surface area (Å²) >= 11 is 1.54. The Bertz CT molecular complexity index is 1460. The molecule has 37 heavy (non-hydrogen) atoms. The monoisotopic (exact) mass is 518 g/mol. The number of benzene rings is 2. The zero-order chi connectivity index (χ0) is 26.0. The molecule has 1 fully saturated rings. The number of likely N-dealkylation sites (tertiary alicyclic amines) is 1. The summed E-state index contributed by atoms with van der Waals surface area (Å²) in [5.74, 6) is -0.505. The van der Waals surface area contributed by atoms with Crippen molar-refractivity contribution in [2.24, 2.45) is 0 Å². The van der Waals surface area contributed by atoms with Crippen LogP contribution in [0.4, 0.5) is 0 Å². The third-order valence-electron chi connectivity index (χ3n) is 7.12. The molecule has 1 unspecified atom stereocenters. The second-order valence-electron chi connectivity index (χ2n) is 9.55. The molecule has 1 atom stereocenters. The van der Waals surface area contributed by atoms with E-state index in [9.17, 15) is 14.4 Å². The van der Waals surface area contributed by atoms with Crippen molar-refractivity contribution in [3.05, 3.63) is 65.2 Å². The van der Waals surface area contributed by atoms with Crippen LogP contribution in [0.15, 0.2) is 54.0 Å². The molecule has 1 saturated heterocycles. The number of ether oxygens (including phenoxy) is 1. The summed E-state index contributed by atoms with van der Waals surface area (Å²) in [7, 11) is 0. The topological polar surface area (TPSA) is 95.6 Å². The average molecular weight is 519 g/mol. The Hall–Kier alpha value is -3.72. The zero-order valence-corrected chi connectivity index (χ0v) is 21.8. The van der Waals surface area contributed by atoms with Crippen LogP contribution in [0.1, 0.15) is 49.0 Å². The fraction of sp³-hybridized carbons (Fsp3) is 0.357. The number of esters is 1. The summed E-state index contributed by atoms with van der Waals surface area (Å²) in [6.45, 7) is 5.24. The molecule has 9 heteroatoms. The number of nitrogens with one attached hydrogen (secondary N) is 1. The number of hydrogen-bond acceptors (Lipinski definition) is 6. The molecule has 2 amide bonds. The Morgan fingerprint density at radius 3 is 2.84 bits per heavy atom. The molecule has 0 aliphatic carbocycles. The first kappa shape index (κ1) is 25.0. The van der Waals surface area contributed by atoms with Gasteiger partial charge in [-0.1, -0.05) is 30.3 Å². The number of aromatic nitrogens is 2. The zero-order valence-electron chi connectivity index (χ0n) is 21.0. The van der Waals surface area contributed by atoms with Gasteiger partial charge < -0.3 is 14.5 Å². The van der Waals surface area contributed by atoms with Gasteiger partial charge in [0.1, 0.15) is 5.54 Å². The lowest BCUT2D eigenvalue weighted by Gasteiger charge is -2.51. The number of H-pyrrole nitrogens is 1. The van der Waals surface area contributed by atoms with Gasteiger partial charge in [0.15, 0.2) is 0 Å². The van der Waals surface area contributed by atoms with Crippen molar-refractivity contribution in [1.82, 2.24) is 20.0 Å². The number of amides is 2. The Kier molecular flexibility index (Phi) is 6.97. The van der Waals surface area contributed by atoms with Gasteiger partial charge in [-0.25, -0.2) is 0 Å². The minimum absolute atomic E-state index is 0.111. The smallest absolute Gasteiger partial charge is 0.305 e. The Balaban J connectivity index is 1.37. The maximum Gasteiger partial charge on any atom is 0.305 e. The first-order valence-corrected chi connectivity index (χ1v) is 13.4. The highest BCUT2D eigenvalue weighted by molar-refractivity contribution is 7.17. The van der Waals surface area contributed by atoms with E-state index in [-0.39, 0.29) is 24.2 Å². The Morgan fingerprint density at radius 1 is 1.22 bits per heavy atom. The van der Waals surface area contributed by atoms with Gasteiger partial charge in [-0.3, -0.25) is 19.5 Å². The van der Waals surface area contributed by atoms with Crippen LogP contribution in [0, 0.1) is 0 Å². The maximum absolute atomic E-state index is 14.0. The van der Waals surface area contributed by atoms with Gasteiger partial charge in [0.2, 0.25) is 5.91 Å². The Labute approximate surface area is 219 Å². The first-order valence-electron chi connectivity index (χ1n) is 12.6. The van der Waals surface area contributed by atoms with Gasteiger partial charge in [0.05, 0.1) is 23.9 Å². The number of carbonyl (C=O) groups excluding carboxylic acids is 3. The number of carbonyl (C=O) groups is 3. The predicted molar refractivity (Wildman–Crippen MR) is 143 cm³/mol. The summed E-state index contributed by atoms with van der Waals surface area (Å²) in [6, 6.07) is 13.8. The van der Waals surface area contributed by atoms with Crippen LogP contribution in [0.2, 0.25) is 0 Å². The van der Waals surface area contributed by atoms with Crippen LogP contribution in [-0.2, 0) is 20.9 Å². The fourth-order valence-corrected chi connectivity index (χ4v) is 5.87. The first-order chi connectivity index (χ1) is 17.9. The average Bonchev–Trinajstić information content (AvgIpc) is 3.53. The molecule has 1 aliphatic rings. The summed E-state index contributed by atoms with van der Waals surface area (Å²) in [5.41, 5.74) is 1.54. The van der Waals surface area contributed by atoms with Crippen LogP contribution in [0.25, 0.3) is 21.0 Å². The standard InChI is InChI=1S/C28H30N4O4S/c1-3-36-25(33)9-6-13-31(17-19-10-11-20-16-29-30-23(20)15-19)27(35)28(2)12-14-32(28)26(34)22-18-37-24-8-5-4-7-21(22)24/h4-5,7-8,10-11,15-16,18H,3,6,9,12-14,17H2,1-2H3,(H,29,30). The van der Waals surface area contributed by atoms with Crippen molar-refractivity contribution in [3.8, 4) is 0 Å². The highest BCUT2D eigenvalue weighted by Gasteiger charge is 2.51. The van der Waals surface area contributed by atoms with Crippen molar-refractivity contribution in [1.29, 1.82) is 0 Å². The van der Waals surface area contributed by atoms with E-state index < -0.39 is 5.54 Å². The van der Waals surface area contributed by atoms with Crippen LogP contribution < -0.4 is 0 Å². The second kappa shape index (κ2) is 10.3. The molecule has 3 heterocycles. The van der Waals surface area contributed by atoms with Gasteiger partial charge in [0.25, 0.3) is 5.91 Å². The molecule has 192 valence electrons. The quantitative estimate of drug-likeness (QED) is 0.323. The van der Waals surface area contributed by atoms with E-state index >= 15 is 0 Å². The van der Waals surface area contributed by atoms with Gasteiger partial charge in [0, 0.05) is 46.9 Å². The summed E-state index contributed by atoms with van der Waals surface area (Å²) in [5, 5.41) is 10.8. The molecule has 1 N–H and O–H groups in total. The molecule has 0 spiro atoms. The Morgan fingerprint density at radius 2 is 2.05 bits per heavy atom. The number of hydrogen-bond donors (Lipinski definition) is 1. The molecule has 2 aromatic heterocycles. The number of fused-ring (bicyclic) bond motifs is 2. The third kappa shape index (κ3) is 4.83. The molecule has 8 nitrogen and oxygen atoms in total. The lowest BCUT2D eigenvalue weighted by molar-refractivity contribution is -0.150. The van der Waals surface area contributed by atoms with Gasteiger partial charge in [-0.15, -0.1) is 11.3 Å². The van der Waals surface area contributed by atoms with E-state index in [1.807, 2.05) is 54.8 Å². The fourth-order valence-electron chi connectivity index (χ4n) is 4.94. The largest absolute Gasteiger partial charge is 0.466 e. The van der Waals surface area contributed by atoms with E-state index in [1.54, 1.807) is 22.9 Å². The van der Waals surface area contributed by atoms with Crippen molar-refractivity contribution in [2.75, 3.05) is 19.7 Å². The van der Waals surface area contributed by atoms with E-state index in [4.69, 9.17) is 4.74 Å². The number of aromatic amines is 1. The minimum atomic E-state index is -0.942. The van der Waals surface area contributed by atoms with Crippen LogP contribution in [-0.4, -0.2) is 63.0 Å². The van der Waals surface area contributed by atoms with Crippen molar-refractivity contribution >= 4 is 50.1 Å². The van der Waals surface area contributed by atoms with E-state index in [1.165, 1.54) is 11.3 Å². The van der Waals surface area contributed by atoms with Crippen LogP contribution in [0.5, 0.6) is 0 Å². The number of rotatable bonds is 9. The molecule has 4 aromatic rings. The highest BCUT2D eigenvalue weighted by Crippen LogP contribution is 2.37. The molecular formula is C28H30N4O4S. The van der Waals surface area contributed by atoms with Gasteiger partial charge >= 0.3 is 5.97 Å². The van der Waals surface area contributed by atoms with E-state index in [0.717, 1.165) is 26.6 Å². The molecule has 2 aromatic carbocycles. The summed E-state index contributed by atoms with van der Waals surface area (Å²) in [6.07, 6.45) is 3.07. The molecular weight excluding hydrogens is 488 g/mol. The molecule has 0 saturated carbocycles. The van der Waals surface area contributed by atoms with Crippen molar-refractivity contribution < 1.29 is 19.1 Å². The van der Waals surface area contributed by atoms with E-state index in [2.05, 4.69) is 10.2 Å². The number of nitrogens with zero attached hydrogens (tertiary/aromatic N) is 3. The maximum atomic E-state index is 14.0. The van der Waals surface area contributed by atoms with Crippen LogP contribution >= 0.6 is 11.3 Å². The summed E-state index contributed by atoms with van der Waals surface area (Å²) in [4.78, 5) is 43.0. The molecule has 5 rings (SSSR count). The van der Waals surface area contributed by atoms with Gasteiger partial charge in [-0.05, 0) is 44.4 Å². The van der Waals surface area contributed by atoms with Crippen LogP contribution in [0.3, 0.4) is 0 Å². The summed E-state index contributed by atoms with van der Waals surface area (Å²) < 4.78 is 6.11. The SMILES string of the molecule is CCOC(=O)CCCN(Cc1ccc2cn[nH]c2c1)C(=O)C1(C)CCN1C(=O)c1csc2ccccc12. The predicted octanol–water partition coefficient (Wildman–Crippen LogP) is 4.75. The number of thiophene rings is 1. The molecule has 0 radical (unpaired) electrons.